The average molecular weight is 481 g/mol. The molecular formula is C25H32N6O2S. The third-order valence-electron chi connectivity index (χ3n) is 6.21. The van der Waals surface area contributed by atoms with E-state index in [1.165, 1.54) is 18.2 Å². The molecule has 4 rings (SSSR count). The van der Waals surface area contributed by atoms with Crippen molar-refractivity contribution in [1.82, 2.24) is 14.8 Å². The van der Waals surface area contributed by atoms with Crippen molar-refractivity contribution in [2.24, 2.45) is 18.7 Å². The zero-order valence-corrected chi connectivity index (χ0v) is 21.1. The van der Waals surface area contributed by atoms with Gasteiger partial charge in [0.15, 0.2) is 0 Å². The van der Waals surface area contributed by atoms with E-state index in [1.807, 2.05) is 42.9 Å². The molecule has 2 amide bonds. The Morgan fingerprint density at radius 2 is 1.97 bits per heavy atom. The maximum absolute atomic E-state index is 12.4. The molecule has 1 heterocycles. The number of nitrogens with zero attached hydrogens (tertiary/aromatic N) is 4. The Hall–Kier alpha value is -3.01. The molecule has 0 saturated heterocycles. The van der Waals surface area contributed by atoms with Gasteiger partial charge in [-0.15, -0.1) is 11.8 Å². The van der Waals surface area contributed by atoms with Gasteiger partial charge in [0.05, 0.1) is 16.4 Å². The second-order valence-electron chi connectivity index (χ2n) is 8.76. The Balaban J connectivity index is 1.61. The molecule has 0 aliphatic heterocycles. The van der Waals surface area contributed by atoms with Crippen LogP contribution in [0, 0.1) is 13.8 Å². The fraction of sp³-hybridized carbons (Fsp3) is 0.360. The number of nitrogens with two attached hydrogens (primary N) is 2. The number of benzene rings is 2. The highest BCUT2D eigenvalue weighted by molar-refractivity contribution is 7.98. The van der Waals surface area contributed by atoms with E-state index in [0.717, 1.165) is 56.0 Å². The SMILES string of the molecule is CSc1c(C)c(-c2ccc(OCc3c(C4CC4)cccc3N(N)C(=O)N(C)N)c(C)c2)nn1C. The van der Waals surface area contributed by atoms with Crippen LogP contribution in [-0.4, -0.2) is 34.1 Å². The number of urea groups is 1. The van der Waals surface area contributed by atoms with Crippen LogP contribution in [0.5, 0.6) is 5.75 Å². The van der Waals surface area contributed by atoms with Crippen molar-refractivity contribution in [3.05, 3.63) is 58.7 Å². The molecule has 3 aromatic rings. The summed E-state index contributed by atoms with van der Waals surface area (Å²) in [5.74, 6) is 13.0. The van der Waals surface area contributed by atoms with E-state index >= 15 is 0 Å². The van der Waals surface area contributed by atoms with Gasteiger partial charge in [-0.2, -0.15) is 5.10 Å². The van der Waals surface area contributed by atoms with Gasteiger partial charge in [0, 0.05) is 30.8 Å². The summed E-state index contributed by atoms with van der Waals surface area (Å²) in [6, 6.07) is 11.5. The van der Waals surface area contributed by atoms with Crippen LogP contribution in [0.3, 0.4) is 0 Å². The maximum atomic E-state index is 12.4. The van der Waals surface area contributed by atoms with Crippen LogP contribution < -0.4 is 21.4 Å². The van der Waals surface area contributed by atoms with Gasteiger partial charge in [-0.05, 0) is 74.3 Å². The van der Waals surface area contributed by atoms with Gasteiger partial charge < -0.3 is 4.74 Å². The molecule has 0 bridgehead atoms. The molecular weight excluding hydrogens is 448 g/mol. The van der Waals surface area contributed by atoms with E-state index < -0.39 is 6.03 Å². The van der Waals surface area contributed by atoms with Crippen LogP contribution in [0.25, 0.3) is 11.3 Å². The molecule has 0 spiro atoms. The average Bonchev–Trinajstić information content (AvgIpc) is 3.62. The van der Waals surface area contributed by atoms with Gasteiger partial charge in [-0.1, -0.05) is 12.1 Å². The Bertz CT molecular complexity index is 1220. The third kappa shape index (κ3) is 4.64. The minimum absolute atomic E-state index is 0.302. The topological polar surface area (TPSA) is 103 Å². The Morgan fingerprint density at radius 1 is 1.24 bits per heavy atom. The van der Waals surface area contributed by atoms with Crippen molar-refractivity contribution in [1.29, 1.82) is 0 Å². The number of aromatic nitrogens is 2. The lowest BCUT2D eigenvalue weighted by molar-refractivity contribution is 0.216. The molecule has 1 fully saturated rings. The first kappa shape index (κ1) is 24.1. The molecule has 0 unspecified atom stereocenters. The zero-order valence-electron chi connectivity index (χ0n) is 20.3. The van der Waals surface area contributed by atoms with Crippen LogP contribution in [-0.2, 0) is 13.7 Å². The number of aryl methyl sites for hydroxylation is 2. The summed E-state index contributed by atoms with van der Waals surface area (Å²) in [6.07, 6.45) is 4.31. The standard InChI is InChI=1S/C25H32N6O2S/c1-15-13-18(23-16(2)24(34-5)30(4)28-23)11-12-22(15)33-14-20-19(17-9-10-17)7-6-8-21(20)31(27)25(32)29(3)26/h6-8,11-13,17H,9-10,14,26-27H2,1-5H3. The van der Waals surface area contributed by atoms with Crippen molar-refractivity contribution in [2.45, 2.75) is 44.2 Å². The first-order valence-corrected chi connectivity index (χ1v) is 12.5. The Kier molecular flexibility index (Phi) is 6.88. The molecule has 9 heteroatoms. The number of hydrogen-bond donors (Lipinski definition) is 2. The minimum atomic E-state index is -0.495. The molecule has 34 heavy (non-hydrogen) atoms. The highest BCUT2D eigenvalue weighted by Gasteiger charge is 2.29. The van der Waals surface area contributed by atoms with Crippen LogP contribution in [0.15, 0.2) is 41.4 Å². The maximum Gasteiger partial charge on any atom is 0.352 e. The minimum Gasteiger partial charge on any atom is -0.489 e. The molecule has 1 saturated carbocycles. The number of ether oxygens (including phenoxy) is 1. The lowest BCUT2D eigenvalue weighted by Crippen LogP contribution is -2.49. The molecule has 8 nitrogen and oxygen atoms in total. The predicted octanol–water partition coefficient (Wildman–Crippen LogP) is 4.49. The van der Waals surface area contributed by atoms with Crippen molar-refractivity contribution < 1.29 is 9.53 Å². The van der Waals surface area contributed by atoms with E-state index in [4.69, 9.17) is 21.5 Å². The molecule has 4 N–H and O–H groups in total. The van der Waals surface area contributed by atoms with Crippen LogP contribution >= 0.6 is 11.8 Å². The molecule has 1 aromatic heterocycles. The molecule has 180 valence electrons. The van der Waals surface area contributed by atoms with Gasteiger partial charge in [0.25, 0.3) is 0 Å². The fourth-order valence-corrected chi connectivity index (χ4v) is 5.02. The molecule has 0 atom stereocenters. The summed E-state index contributed by atoms with van der Waals surface area (Å²) < 4.78 is 8.20. The summed E-state index contributed by atoms with van der Waals surface area (Å²) >= 11 is 1.69. The van der Waals surface area contributed by atoms with E-state index in [1.54, 1.807) is 11.8 Å². The van der Waals surface area contributed by atoms with Crippen molar-refractivity contribution in [3.8, 4) is 17.0 Å². The molecule has 2 aromatic carbocycles. The number of hydrogen-bond acceptors (Lipinski definition) is 6. The summed E-state index contributed by atoms with van der Waals surface area (Å²) in [5, 5.41) is 7.92. The van der Waals surface area contributed by atoms with Gasteiger partial charge in [-0.3, -0.25) is 9.69 Å². The summed E-state index contributed by atoms with van der Waals surface area (Å²) in [4.78, 5) is 12.4. The van der Waals surface area contributed by atoms with Crippen molar-refractivity contribution in [2.75, 3.05) is 18.3 Å². The molecule has 1 aliphatic rings. The lowest BCUT2D eigenvalue weighted by atomic mass is 10.0. The van der Waals surface area contributed by atoms with E-state index in [0.29, 0.717) is 18.2 Å². The Labute approximate surface area is 204 Å². The number of amides is 2. The van der Waals surface area contributed by atoms with Crippen LogP contribution in [0.2, 0.25) is 0 Å². The lowest BCUT2D eigenvalue weighted by Gasteiger charge is -2.25. The first-order chi connectivity index (χ1) is 16.2. The smallest absolute Gasteiger partial charge is 0.352 e. The summed E-state index contributed by atoms with van der Waals surface area (Å²) in [6.45, 7) is 4.43. The second-order valence-corrected chi connectivity index (χ2v) is 9.55. The van der Waals surface area contributed by atoms with Gasteiger partial charge in [0.1, 0.15) is 12.4 Å². The number of thioether (sulfide) groups is 1. The largest absolute Gasteiger partial charge is 0.489 e. The summed E-state index contributed by atoms with van der Waals surface area (Å²) in [7, 11) is 3.44. The van der Waals surface area contributed by atoms with Crippen LogP contribution in [0.4, 0.5) is 10.5 Å². The third-order valence-corrected chi connectivity index (χ3v) is 7.16. The fourth-order valence-electron chi connectivity index (χ4n) is 4.31. The summed E-state index contributed by atoms with van der Waals surface area (Å²) in [5.41, 5.74) is 6.91. The van der Waals surface area contributed by atoms with Gasteiger partial charge in [-0.25, -0.2) is 21.5 Å². The van der Waals surface area contributed by atoms with Crippen molar-refractivity contribution in [3.63, 3.8) is 0 Å². The number of hydrazine groups is 2. The molecule has 0 radical (unpaired) electrons. The Morgan fingerprint density at radius 3 is 2.56 bits per heavy atom. The van der Waals surface area contributed by atoms with Crippen LogP contribution in [0.1, 0.15) is 41.0 Å². The second kappa shape index (κ2) is 9.69. The number of rotatable bonds is 7. The van der Waals surface area contributed by atoms with Crippen molar-refractivity contribution >= 4 is 23.5 Å². The normalized spacial score (nSPS) is 13.1. The molecule has 1 aliphatic carbocycles. The monoisotopic (exact) mass is 480 g/mol. The van der Waals surface area contributed by atoms with E-state index in [9.17, 15) is 4.79 Å². The van der Waals surface area contributed by atoms with E-state index in [2.05, 4.69) is 25.3 Å². The van der Waals surface area contributed by atoms with Gasteiger partial charge in [0.2, 0.25) is 0 Å². The number of anilines is 1. The van der Waals surface area contributed by atoms with E-state index in [-0.39, 0.29) is 0 Å². The van der Waals surface area contributed by atoms with Gasteiger partial charge >= 0.3 is 6.03 Å². The number of carbonyl (C=O) groups is 1. The highest BCUT2D eigenvalue weighted by Crippen LogP contribution is 2.44. The highest BCUT2D eigenvalue weighted by atomic mass is 32.2. The predicted molar refractivity (Wildman–Crippen MR) is 137 cm³/mol. The zero-order chi connectivity index (χ0) is 24.6. The quantitative estimate of drug-likeness (QED) is 0.224. The number of carbonyl (C=O) groups excluding carboxylic acids is 1. The first-order valence-electron chi connectivity index (χ1n) is 11.2.